The van der Waals surface area contributed by atoms with Crippen molar-refractivity contribution in [3.05, 3.63) is 23.9 Å². The lowest BCUT2D eigenvalue weighted by atomic mass is 9.80. The lowest BCUT2D eigenvalue weighted by molar-refractivity contribution is -0.203. The number of fused-ring (bicyclic) bond motifs is 1. The van der Waals surface area contributed by atoms with Gasteiger partial charge < -0.3 is 19.3 Å². The third kappa shape index (κ3) is 3.03. The number of hydrogen-bond donors (Lipinski definition) is 2. The molecule has 2 amide bonds. The molecule has 0 aliphatic carbocycles. The summed E-state index contributed by atoms with van der Waals surface area (Å²) in [5, 5.41) is 11.8. The molecule has 2 rings (SSSR count). The van der Waals surface area contributed by atoms with Gasteiger partial charge in [0.1, 0.15) is 12.3 Å². The summed E-state index contributed by atoms with van der Waals surface area (Å²) in [7, 11) is 1.22. The summed E-state index contributed by atoms with van der Waals surface area (Å²) >= 11 is 0. The van der Waals surface area contributed by atoms with Gasteiger partial charge in [0, 0.05) is 7.11 Å². The summed E-state index contributed by atoms with van der Waals surface area (Å²) in [4.78, 5) is 49.1. The molecule has 0 aromatic carbocycles. The van der Waals surface area contributed by atoms with E-state index in [9.17, 15) is 24.3 Å². The van der Waals surface area contributed by atoms with Gasteiger partial charge in [-0.15, -0.1) is 0 Å². The second-order valence-electron chi connectivity index (χ2n) is 5.53. The molecule has 2 atom stereocenters. The van der Waals surface area contributed by atoms with Crippen LogP contribution in [0.3, 0.4) is 0 Å². The van der Waals surface area contributed by atoms with Gasteiger partial charge in [0.25, 0.3) is 5.91 Å². The zero-order valence-corrected chi connectivity index (χ0v) is 14.4. The maximum absolute atomic E-state index is 12.7. The van der Waals surface area contributed by atoms with E-state index in [-0.39, 0.29) is 31.6 Å². The summed E-state index contributed by atoms with van der Waals surface area (Å²) < 4.78 is 14.9. The highest BCUT2D eigenvalue weighted by atomic mass is 16.6. The second kappa shape index (κ2) is 7.56. The SMILES string of the molecule is C=CCOC(=O)N[C@]1(OC)C(=O)N2C(C(=O)O)=C(C(=O)OCC)CC[C@@H]21. The molecule has 0 aromatic heterocycles. The normalized spacial score (nSPS) is 24.3. The van der Waals surface area contributed by atoms with E-state index >= 15 is 0 Å². The van der Waals surface area contributed by atoms with Gasteiger partial charge in [0.2, 0.25) is 5.72 Å². The van der Waals surface area contributed by atoms with Crippen molar-refractivity contribution >= 4 is 23.9 Å². The Balaban J connectivity index is 2.32. The fourth-order valence-corrected chi connectivity index (χ4v) is 3.10. The van der Waals surface area contributed by atoms with Crippen molar-refractivity contribution in [3.63, 3.8) is 0 Å². The number of nitrogens with one attached hydrogen (secondary N) is 1. The van der Waals surface area contributed by atoms with Gasteiger partial charge >= 0.3 is 18.0 Å². The number of nitrogens with zero attached hydrogens (tertiary/aromatic N) is 1. The number of carbonyl (C=O) groups excluding carboxylic acids is 3. The Morgan fingerprint density at radius 2 is 2.12 bits per heavy atom. The van der Waals surface area contributed by atoms with Crippen molar-refractivity contribution in [1.82, 2.24) is 10.2 Å². The van der Waals surface area contributed by atoms with Gasteiger partial charge in [-0.2, -0.15) is 0 Å². The number of ether oxygens (including phenoxy) is 3. The van der Waals surface area contributed by atoms with Crippen LogP contribution >= 0.6 is 0 Å². The maximum atomic E-state index is 12.7. The Labute approximate surface area is 149 Å². The van der Waals surface area contributed by atoms with Gasteiger partial charge in [0.05, 0.1) is 18.2 Å². The quantitative estimate of drug-likeness (QED) is 0.281. The van der Waals surface area contributed by atoms with Crippen LogP contribution in [-0.2, 0) is 28.6 Å². The standard InChI is InChI=1S/C16H20N2O8/c1-4-8-26-15(23)17-16(24-3)10-7-6-9(13(21)25-5-2)11(12(19)20)18(10)14(16)22/h4,10H,1,5-8H2,2-3H3,(H,17,23)(H,19,20)/t10-,16-/m1/s1. The van der Waals surface area contributed by atoms with Gasteiger partial charge in [0.15, 0.2) is 0 Å². The Morgan fingerprint density at radius 1 is 1.42 bits per heavy atom. The van der Waals surface area contributed by atoms with Crippen molar-refractivity contribution < 1.29 is 38.5 Å². The summed E-state index contributed by atoms with van der Waals surface area (Å²) in [6, 6.07) is -0.791. The van der Waals surface area contributed by atoms with E-state index in [0.717, 1.165) is 4.90 Å². The Hall–Kier alpha value is -2.88. The maximum Gasteiger partial charge on any atom is 0.410 e. The average Bonchev–Trinajstić information content (AvgIpc) is 2.62. The molecule has 0 unspecified atom stereocenters. The zero-order chi connectivity index (χ0) is 19.5. The third-order valence-corrected chi connectivity index (χ3v) is 4.18. The van der Waals surface area contributed by atoms with E-state index in [4.69, 9.17) is 14.2 Å². The zero-order valence-electron chi connectivity index (χ0n) is 14.4. The van der Waals surface area contributed by atoms with Crippen LogP contribution in [0.5, 0.6) is 0 Å². The predicted molar refractivity (Wildman–Crippen MR) is 85.6 cm³/mol. The van der Waals surface area contributed by atoms with Crippen LogP contribution < -0.4 is 5.32 Å². The molecule has 0 radical (unpaired) electrons. The van der Waals surface area contributed by atoms with Crippen LogP contribution in [0, 0.1) is 0 Å². The topological polar surface area (TPSA) is 131 Å². The smallest absolute Gasteiger partial charge is 0.410 e. The van der Waals surface area contributed by atoms with Gasteiger partial charge in [-0.25, -0.2) is 14.4 Å². The molecule has 0 aromatic rings. The minimum absolute atomic E-state index is 0.0589. The number of alkyl carbamates (subject to hydrolysis) is 1. The van der Waals surface area contributed by atoms with Crippen molar-refractivity contribution in [1.29, 1.82) is 0 Å². The average molecular weight is 368 g/mol. The van der Waals surface area contributed by atoms with Crippen LogP contribution in [0.25, 0.3) is 0 Å². The first-order valence-electron chi connectivity index (χ1n) is 7.92. The highest BCUT2D eigenvalue weighted by molar-refractivity contribution is 6.07. The highest BCUT2D eigenvalue weighted by Crippen LogP contribution is 2.43. The first kappa shape index (κ1) is 19.4. The van der Waals surface area contributed by atoms with Crippen molar-refractivity contribution in [2.24, 2.45) is 0 Å². The van der Waals surface area contributed by atoms with Crippen LogP contribution in [0.1, 0.15) is 19.8 Å². The molecule has 2 heterocycles. The summed E-state index contributed by atoms with van der Waals surface area (Å²) in [5.41, 5.74) is -2.30. The molecule has 0 saturated carbocycles. The lowest BCUT2D eigenvalue weighted by Gasteiger charge is -2.56. The molecule has 142 valence electrons. The molecule has 2 aliphatic rings. The van der Waals surface area contributed by atoms with E-state index in [2.05, 4.69) is 11.9 Å². The summed E-state index contributed by atoms with van der Waals surface area (Å²) in [6.45, 7) is 5.00. The van der Waals surface area contributed by atoms with Gasteiger partial charge in [-0.05, 0) is 19.8 Å². The molecule has 2 aliphatic heterocycles. The van der Waals surface area contributed by atoms with Crippen LogP contribution in [0.4, 0.5) is 4.79 Å². The number of esters is 1. The number of carboxylic acids is 1. The van der Waals surface area contributed by atoms with E-state index in [1.807, 2.05) is 0 Å². The van der Waals surface area contributed by atoms with E-state index < -0.39 is 41.4 Å². The Morgan fingerprint density at radius 3 is 2.65 bits per heavy atom. The lowest BCUT2D eigenvalue weighted by Crippen LogP contribution is -2.81. The van der Waals surface area contributed by atoms with Crippen molar-refractivity contribution in [2.75, 3.05) is 20.3 Å². The number of aliphatic carboxylic acids is 1. The minimum Gasteiger partial charge on any atom is -0.477 e. The number of hydrogen-bond acceptors (Lipinski definition) is 7. The summed E-state index contributed by atoms with van der Waals surface area (Å²) in [6.07, 6.45) is 0.706. The summed E-state index contributed by atoms with van der Waals surface area (Å²) in [5.74, 6) is -3.03. The number of carbonyl (C=O) groups is 4. The molecule has 1 fully saturated rings. The van der Waals surface area contributed by atoms with Crippen molar-refractivity contribution in [2.45, 2.75) is 31.5 Å². The van der Waals surface area contributed by atoms with Gasteiger partial charge in [-0.3, -0.25) is 15.0 Å². The van der Waals surface area contributed by atoms with Crippen molar-refractivity contribution in [3.8, 4) is 0 Å². The van der Waals surface area contributed by atoms with Crippen LogP contribution in [-0.4, -0.2) is 66.0 Å². The fourth-order valence-electron chi connectivity index (χ4n) is 3.10. The third-order valence-electron chi connectivity index (χ3n) is 4.18. The number of carboxylic acid groups (broad SMARTS) is 1. The predicted octanol–water partition coefficient (Wildman–Crippen LogP) is 0.148. The molecular formula is C16H20N2O8. The monoisotopic (exact) mass is 368 g/mol. The molecule has 10 nitrogen and oxygen atoms in total. The first-order chi connectivity index (χ1) is 12.3. The molecule has 26 heavy (non-hydrogen) atoms. The largest absolute Gasteiger partial charge is 0.477 e. The van der Waals surface area contributed by atoms with Crippen LogP contribution in [0.15, 0.2) is 23.9 Å². The first-order valence-corrected chi connectivity index (χ1v) is 7.92. The van der Waals surface area contributed by atoms with E-state index in [0.29, 0.717) is 0 Å². The number of methoxy groups -OCH3 is 1. The van der Waals surface area contributed by atoms with Crippen LogP contribution in [0.2, 0.25) is 0 Å². The van der Waals surface area contributed by atoms with E-state index in [1.54, 1.807) is 6.92 Å². The fraction of sp³-hybridized carbons (Fsp3) is 0.500. The number of β-lactam (4-membered cyclic amide) rings is 1. The minimum atomic E-state index is -1.75. The number of rotatable bonds is 7. The number of amides is 2. The molecule has 10 heteroatoms. The second-order valence-corrected chi connectivity index (χ2v) is 5.53. The molecule has 2 N–H and O–H groups in total. The van der Waals surface area contributed by atoms with E-state index in [1.165, 1.54) is 13.2 Å². The highest BCUT2D eigenvalue weighted by Gasteiger charge is 2.66. The molecule has 0 bridgehead atoms. The van der Waals surface area contributed by atoms with Gasteiger partial charge in [-0.1, -0.05) is 12.7 Å². The Bertz CT molecular complexity index is 686. The Kier molecular flexibility index (Phi) is 5.66. The molecule has 1 saturated heterocycles. The molecule has 0 spiro atoms. The molecular weight excluding hydrogens is 348 g/mol.